The summed E-state index contributed by atoms with van der Waals surface area (Å²) >= 11 is 0. The first kappa shape index (κ1) is 14.8. The van der Waals surface area contributed by atoms with Crippen LogP contribution in [0.3, 0.4) is 0 Å². The summed E-state index contributed by atoms with van der Waals surface area (Å²) in [6.45, 7) is 10.7. The molecule has 0 aliphatic carbocycles. The molecule has 1 unspecified atom stereocenters. The predicted octanol–water partition coefficient (Wildman–Crippen LogP) is 1.32. The van der Waals surface area contributed by atoms with Crippen molar-refractivity contribution in [3.05, 3.63) is 0 Å². The second-order valence-corrected chi connectivity index (χ2v) is 5.90. The molecule has 0 saturated carbocycles. The lowest BCUT2D eigenvalue weighted by molar-refractivity contribution is -0.131. The first-order valence-corrected chi connectivity index (χ1v) is 7.97. The lowest BCUT2D eigenvalue weighted by Crippen LogP contribution is -2.39. The molecule has 0 aromatic carbocycles. The number of hydrogen-bond donors (Lipinski definition) is 1. The molecule has 2 rings (SSSR count). The molecule has 1 N–H and O–H groups in total. The molecule has 19 heavy (non-hydrogen) atoms. The minimum absolute atomic E-state index is 0.390. The van der Waals surface area contributed by atoms with Gasteiger partial charge in [0.25, 0.3) is 0 Å². The molecule has 2 aliphatic rings. The molecule has 0 aromatic heterocycles. The van der Waals surface area contributed by atoms with E-state index in [2.05, 4.69) is 29.0 Å². The summed E-state index contributed by atoms with van der Waals surface area (Å²) in [5, 5.41) is 3.36. The summed E-state index contributed by atoms with van der Waals surface area (Å²) in [5.74, 6) is 1.00. The SMILES string of the molecule is CCN(CC)C1CCN(C(=O)CC2CCNCC2)C1. The summed E-state index contributed by atoms with van der Waals surface area (Å²) < 4.78 is 0. The van der Waals surface area contributed by atoms with Crippen LogP contribution in [0.2, 0.25) is 0 Å². The van der Waals surface area contributed by atoms with E-state index in [1.807, 2.05) is 0 Å². The molecule has 2 fully saturated rings. The lowest BCUT2D eigenvalue weighted by Gasteiger charge is -2.27. The van der Waals surface area contributed by atoms with Gasteiger partial charge in [-0.05, 0) is 51.4 Å². The maximum atomic E-state index is 12.3. The maximum absolute atomic E-state index is 12.3. The summed E-state index contributed by atoms with van der Waals surface area (Å²) in [5.41, 5.74) is 0. The van der Waals surface area contributed by atoms with E-state index in [1.165, 1.54) is 12.8 Å². The average molecular weight is 267 g/mol. The van der Waals surface area contributed by atoms with Gasteiger partial charge in [-0.2, -0.15) is 0 Å². The Hall–Kier alpha value is -0.610. The number of likely N-dealkylation sites (N-methyl/N-ethyl adjacent to an activating group) is 1. The molecule has 110 valence electrons. The minimum atomic E-state index is 0.390. The van der Waals surface area contributed by atoms with Crippen LogP contribution in [0.1, 0.15) is 39.5 Å². The fourth-order valence-electron chi connectivity index (χ4n) is 3.47. The highest BCUT2D eigenvalue weighted by Gasteiger charge is 2.30. The van der Waals surface area contributed by atoms with Crippen molar-refractivity contribution in [3.63, 3.8) is 0 Å². The molecule has 0 spiro atoms. The number of nitrogens with one attached hydrogen (secondary N) is 1. The molecule has 2 aliphatic heterocycles. The number of rotatable bonds is 5. The first-order valence-electron chi connectivity index (χ1n) is 7.97. The molecule has 1 atom stereocenters. The topological polar surface area (TPSA) is 35.6 Å². The van der Waals surface area contributed by atoms with Crippen LogP contribution in [0.4, 0.5) is 0 Å². The maximum Gasteiger partial charge on any atom is 0.222 e. The van der Waals surface area contributed by atoms with Gasteiger partial charge >= 0.3 is 0 Å². The van der Waals surface area contributed by atoms with Crippen LogP contribution >= 0.6 is 0 Å². The van der Waals surface area contributed by atoms with E-state index in [0.717, 1.165) is 52.1 Å². The summed E-state index contributed by atoms with van der Waals surface area (Å²) in [4.78, 5) is 16.9. The van der Waals surface area contributed by atoms with E-state index < -0.39 is 0 Å². The van der Waals surface area contributed by atoms with E-state index in [9.17, 15) is 4.79 Å². The highest BCUT2D eigenvalue weighted by Crippen LogP contribution is 2.21. The molecule has 4 heteroatoms. The Labute approximate surface area is 117 Å². The number of hydrogen-bond acceptors (Lipinski definition) is 3. The van der Waals surface area contributed by atoms with Crippen molar-refractivity contribution in [3.8, 4) is 0 Å². The monoisotopic (exact) mass is 267 g/mol. The second kappa shape index (κ2) is 7.25. The Morgan fingerprint density at radius 3 is 2.53 bits per heavy atom. The zero-order valence-electron chi connectivity index (χ0n) is 12.5. The Morgan fingerprint density at radius 1 is 1.21 bits per heavy atom. The molecular weight excluding hydrogens is 238 g/mol. The third-order valence-corrected chi connectivity index (χ3v) is 4.77. The molecule has 2 heterocycles. The standard InChI is InChI=1S/C15H29N3O/c1-3-17(4-2)14-7-10-18(12-14)15(19)11-13-5-8-16-9-6-13/h13-14,16H,3-12H2,1-2H3. The van der Waals surface area contributed by atoms with E-state index in [1.54, 1.807) is 0 Å². The Morgan fingerprint density at radius 2 is 1.89 bits per heavy atom. The van der Waals surface area contributed by atoms with Crippen LogP contribution in [0, 0.1) is 5.92 Å². The highest BCUT2D eigenvalue weighted by atomic mass is 16.2. The van der Waals surface area contributed by atoms with Crippen LogP contribution in [0.5, 0.6) is 0 Å². The van der Waals surface area contributed by atoms with E-state index in [-0.39, 0.29) is 0 Å². The van der Waals surface area contributed by atoms with Gasteiger partial charge in [-0.3, -0.25) is 9.69 Å². The zero-order chi connectivity index (χ0) is 13.7. The summed E-state index contributed by atoms with van der Waals surface area (Å²) in [6.07, 6.45) is 4.25. The van der Waals surface area contributed by atoms with Crippen LogP contribution in [0.25, 0.3) is 0 Å². The molecular formula is C15H29N3O. The minimum Gasteiger partial charge on any atom is -0.341 e. The molecule has 0 radical (unpaired) electrons. The van der Waals surface area contributed by atoms with E-state index in [0.29, 0.717) is 17.9 Å². The Bertz CT molecular complexity index is 285. The number of nitrogens with zero attached hydrogens (tertiary/aromatic N) is 2. The van der Waals surface area contributed by atoms with Crippen molar-refractivity contribution in [1.82, 2.24) is 15.1 Å². The predicted molar refractivity (Wildman–Crippen MR) is 78.1 cm³/mol. The van der Waals surface area contributed by atoms with Gasteiger partial charge in [-0.15, -0.1) is 0 Å². The van der Waals surface area contributed by atoms with Gasteiger partial charge in [-0.25, -0.2) is 0 Å². The van der Waals surface area contributed by atoms with Crippen LogP contribution in [0.15, 0.2) is 0 Å². The molecule has 0 aromatic rings. The number of carbonyl (C=O) groups is 1. The van der Waals surface area contributed by atoms with Crippen molar-refractivity contribution in [1.29, 1.82) is 0 Å². The van der Waals surface area contributed by atoms with Gasteiger partial charge in [0.1, 0.15) is 0 Å². The largest absolute Gasteiger partial charge is 0.341 e. The molecule has 4 nitrogen and oxygen atoms in total. The van der Waals surface area contributed by atoms with Gasteiger partial charge in [-0.1, -0.05) is 13.8 Å². The quantitative estimate of drug-likeness (QED) is 0.816. The normalized spacial score (nSPS) is 25.2. The van der Waals surface area contributed by atoms with E-state index in [4.69, 9.17) is 0 Å². The second-order valence-electron chi connectivity index (χ2n) is 5.90. The van der Waals surface area contributed by atoms with Crippen molar-refractivity contribution in [2.45, 2.75) is 45.6 Å². The van der Waals surface area contributed by atoms with Gasteiger partial charge in [0, 0.05) is 25.6 Å². The third kappa shape index (κ3) is 3.93. The third-order valence-electron chi connectivity index (χ3n) is 4.77. The van der Waals surface area contributed by atoms with Gasteiger partial charge < -0.3 is 10.2 Å². The van der Waals surface area contributed by atoms with Gasteiger partial charge in [0.05, 0.1) is 0 Å². The fourth-order valence-corrected chi connectivity index (χ4v) is 3.47. The zero-order valence-corrected chi connectivity index (χ0v) is 12.5. The highest BCUT2D eigenvalue weighted by molar-refractivity contribution is 5.76. The van der Waals surface area contributed by atoms with Crippen molar-refractivity contribution < 1.29 is 4.79 Å². The number of piperidine rings is 1. The number of carbonyl (C=O) groups excluding carboxylic acids is 1. The summed E-state index contributed by atoms with van der Waals surface area (Å²) in [7, 11) is 0. The summed E-state index contributed by atoms with van der Waals surface area (Å²) in [6, 6.07) is 0.590. The van der Waals surface area contributed by atoms with Gasteiger partial charge in [0.2, 0.25) is 5.91 Å². The first-order chi connectivity index (χ1) is 9.24. The Kier molecular flexibility index (Phi) is 5.64. The Balaban J connectivity index is 1.77. The van der Waals surface area contributed by atoms with Crippen LogP contribution in [-0.4, -0.2) is 61.0 Å². The van der Waals surface area contributed by atoms with Crippen LogP contribution < -0.4 is 5.32 Å². The average Bonchev–Trinajstić information content (AvgIpc) is 2.91. The smallest absolute Gasteiger partial charge is 0.222 e. The van der Waals surface area contributed by atoms with E-state index >= 15 is 0 Å². The van der Waals surface area contributed by atoms with Gasteiger partial charge in [0.15, 0.2) is 0 Å². The number of amides is 1. The molecule has 0 bridgehead atoms. The van der Waals surface area contributed by atoms with Crippen molar-refractivity contribution in [2.75, 3.05) is 39.3 Å². The van der Waals surface area contributed by atoms with Crippen molar-refractivity contribution in [2.24, 2.45) is 5.92 Å². The number of likely N-dealkylation sites (tertiary alicyclic amines) is 1. The molecule has 2 saturated heterocycles. The van der Waals surface area contributed by atoms with Crippen LogP contribution in [-0.2, 0) is 4.79 Å². The lowest BCUT2D eigenvalue weighted by atomic mass is 9.94. The molecule has 1 amide bonds. The van der Waals surface area contributed by atoms with Crippen molar-refractivity contribution >= 4 is 5.91 Å². The fraction of sp³-hybridized carbons (Fsp3) is 0.933.